The second kappa shape index (κ2) is 5.67. The second-order valence-electron chi connectivity index (χ2n) is 6.50. The summed E-state index contributed by atoms with van der Waals surface area (Å²) in [5, 5.41) is 3.74. The van der Waals surface area contributed by atoms with E-state index in [-0.39, 0.29) is 35.7 Å². The van der Waals surface area contributed by atoms with E-state index >= 15 is 0 Å². The van der Waals surface area contributed by atoms with Crippen molar-refractivity contribution in [3.05, 3.63) is 46.8 Å². The van der Waals surface area contributed by atoms with Gasteiger partial charge in [0.25, 0.3) is 0 Å². The summed E-state index contributed by atoms with van der Waals surface area (Å²) < 4.78 is 32.4. The highest BCUT2D eigenvalue weighted by molar-refractivity contribution is 7.89. The number of aromatic nitrogens is 1. The van der Waals surface area contributed by atoms with Crippen molar-refractivity contribution in [3.63, 3.8) is 0 Å². The van der Waals surface area contributed by atoms with Crippen molar-refractivity contribution in [1.82, 2.24) is 14.4 Å². The lowest BCUT2D eigenvalue weighted by atomic mass is 9.91. The predicted molar refractivity (Wildman–Crippen MR) is 89.3 cm³/mol. The van der Waals surface area contributed by atoms with Crippen LogP contribution in [0, 0.1) is 13.8 Å². The smallest absolute Gasteiger partial charge is 0.249 e. The van der Waals surface area contributed by atoms with Gasteiger partial charge in [0, 0.05) is 13.1 Å². The molecule has 0 aliphatic carbocycles. The van der Waals surface area contributed by atoms with Crippen LogP contribution in [-0.4, -0.2) is 48.3 Å². The van der Waals surface area contributed by atoms with Gasteiger partial charge in [-0.25, -0.2) is 8.42 Å². The lowest BCUT2D eigenvalue weighted by Crippen LogP contribution is -2.55. The van der Waals surface area contributed by atoms with Crippen LogP contribution in [0.2, 0.25) is 0 Å². The normalized spacial score (nSPS) is 21.1. The first-order valence-corrected chi connectivity index (χ1v) is 9.64. The number of piperazine rings is 1. The number of hydrogen-bond donors (Lipinski definition) is 0. The molecule has 1 atom stereocenters. The zero-order chi connectivity index (χ0) is 17.8. The van der Waals surface area contributed by atoms with Crippen LogP contribution in [0.5, 0.6) is 0 Å². The Hall–Kier alpha value is -2.19. The summed E-state index contributed by atoms with van der Waals surface area (Å²) in [6.45, 7) is 3.89. The first kappa shape index (κ1) is 16.3. The highest BCUT2D eigenvalue weighted by atomic mass is 32.2. The molecule has 1 unspecified atom stereocenters. The van der Waals surface area contributed by atoms with E-state index in [9.17, 15) is 13.2 Å². The van der Waals surface area contributed by atoms with Crippen LogP contribution in [0.1, 0.15) is 28.6 Å². The zero-order valence-corrected chi connectivity index (χ0v) is 14.9. The molecule has 25 heavy (non-hydrogen) atoms. The third kappa shape index (κ3) is 2.47. The third-order valence-electron chi connectivity index (χ3n) is 4.99. The van der Waals surface area contributed by atoms with E-state index in [0.717, 1.165) is 12.0 Å². The van der Waals surface area contributed by atoms with Crippen LogP contribution in [0.15, 0.2) is 33.7 Å². The number of sulfonamides is 1. The Morgan fingerprint density at radius 1 is 1.24 bits per heavy atom. The van der Waals surface area contributed by atoms with Crippen molar-refractivity contribution < 1.29 is 17.7 Å². The molecule has 132 valence electrons. The van der Waals surface area contributed by atoms with Gasteiger partial charge in [0.05, 0.1) is 12.6 Å². The van der Waals surface area contributed by atoms with Crippen molar-refractivity contribution in [3.8, 4) is 0 Å². The Balaban J connectivity index is 1.74. The molecule has 0 spiro atoms. The van der Waals surface area contributed by atoms with Gasteiger partial charge >= 0.3 is 0 Å². The molecular formula is C17H19N3O4S. The van der Waals surface area contributed by atoms with Crippen LogP contribution < -0.4 is 0 Å². The van der Waals surface area contributed by atoms with E-state index in [2.05, 4.69) is 5.16 Å². The van der Waals surface area contributed by atoms with Gasteiger partial charge in [-0.1, -0.05) is 29.4 Å². The quantitative estimate of drug-likeness (QED) is 0.808. The SMILES string of the molecule is Cc1noc(C)c1S(=O)(=O)N1CC(=O)N2CCc3ccccc3C2C1. The third-order valence-corrected chi connectivity index (χ3v) is 7.04. The molecular weight excluding hydrogens is 342 g/mol. The number of carbonyl (C=O) groups excluding carboxylic acids is 1. The maximum Gasteiger partial charge on any atom is 0.249 e. The Labute approximate surface area is 146 Å². The van der Waals surface area contributed by atoms with Gasteiger partial charge in [-0.3, -0.25) is 4.79 Å². The highest BCUT2D eigenvalue weighted by Gasteiger charge is 2.42. The van der Waals surface area contributed by atoms with Gasteiger partial charge in [0.15, 0.2) is 5.76 Å². The molecule has 4 rings (SSSR count). The van der Waals surface area contributed by atoms with E-state index in [1.807, 2.05) is 24.3 Å². The summed E-state index contributed by atoms with van der Waals surface area (Å²) in [5.74, 6) is 0.0810. The Kier molecular flexibility index (Phi) is 3.69. The number of hydrogen-bond acceptors (Lipinski definition) is 5. The fourth-order valence-electron chi connectivity index (χ4n) is 3.80. The lowest BCUT2D eigenvalue weighted by molar-refractivity contribution is -0.138. The average molecular weight is 361 g/mol. The minimum atomic E-state index is -3.84. The van der Waals surface area contributed by atoms with Crippen molar-refractivity contribution >= 4 is 15.9 Å². The fourth-order valence-corrected chi connectivity index (χ4v) is 5.49. The molecule has 0 bridgehead atoms. The zero-order valence-electron chi connectivity index (χ0n) is 14.1. The second-order valence-corrected chi connectivity index (χ2v) is 8.38. The van der Waals surface area contributed by atoms with Crippen LogP contribution in [0.3, 0.4) is 0 Å². The molecule has 1 fully saturated rings. The summed E-state index contributed by atoms with van der Waals surface area (Å²) in [7, 11) is -3.84. The van der Waals surface area contributed by atoms with E-state index in [1.54, 1.807) is 18.7 Å². The van der Waals surface area contributed by atoms with Crippen LogP contribution in [0.25, 0.3) is 0 Å². The van der Waals surface area contributed by atoms with Gasteiger partial charge in [-0.05, 0) is 31.4 Å². The van der Waals surface area contributed by atoms with Gasteiger partial charge < -0.3 is 9.42 Å². The minimum absolute atomic E-state index is 0.0674. The molecule has 0 radical (unpaired) electrons. The number of rotatable bonds is 2. The van der Waals surface area contributed by atoms with Crippen molar-refractivity contribution in [2.75, 3.05) is 19.6 Å². The summed E-state index contributed by atoms with van der Waals surface area (Å²) in [5.41, 5.74) is 2.52. The topological polar surface area (TPSA) is 83.7 Å². The van der Waals surface area contributed by atoms with Crippen LogP contribution in [0.4, 0.5) is 0 Å². The van der Waals surface area contributed by atoms with E-state index in [4.69, 9.17) is 4.52 Å². The minimum Gasteiger partial charge on any atom is -0.360 e. The predicted octanol–water partition coefficient (Wildman–Crippen LogP) is 1.42. The van der Waals surface area contributed by atoms with Gasteiger partial charge in [-0.2, -0.15) is 4.31 Å². The lowest BCUT2D eigenvalue weighted by Gasteiger charge is -2.44. The van der Waals surface area contributed by atoms with E-state index in [1.165, 1.54) is 9.87 Å². The Bertz CT molecular complexity index is 931. The number of carbonyl (C=O) groups is 1. The number of aryl methyl sites for hydroxylation is 2. The van der Waals surface area contributed by atoms with E-state index in [0.29, 0.717) is 12.2 Å². The molecule has 0 N–H and O–H groups in total. The maximum atomic E-state index is 13.1. The first-order chi connectivity index (χ1) is 11.9. The summed E-state index contributed by atoms with van der Waals surface area (Å²) in [6, 6.07) is 7.66. The molecule has 3 heterocycles. The standard InChI is InChI=1S/C17H19N3O4S/c1-11-17(12(2)24-18-11)25(22,23)19-9-15-14-6-4-3-5-13(14)7-8-20(15)16(21)10-19/h3-6,15H,7-10H2,1-2H3. The van der Waals surface area contributed by atoms with Crippen LogP contribution in [-0.2, 0) is 21.2 Å². The monoisotopic (exact) mass is 361 g/mol. The largest absolute Gasteiger partial charge is 0.360 e. The van der Waals surface area contributed by atoms with Gasteiger partial charge in [0.2, 0.25) is 15.9 Å². The van der Waals surface area contributed by atoms with Gasteiger partial charge in [0.1, 0.15) is 10.6 Å². The summed E-state index contributed by atoms with van der Waals surface area (Å²) in [4.78, 5) is 14.5. The fraction of sp³-hybridized carbons (Fsp3) is 0.412. The molecule has 2 aromatic rings. The molecule has 1 saturated heterocycles. The molecule has 8 heteroatoms. The van der Waals surface area contributed by atoms with E-state index < -0.39 is 10.0 Å². The first-order valence-electron chi connectivity index (χ1n) is 8.20. The van der Waals surface area contributed by atoms with Crippen molar-refractivity contribution in [2.45, 2.75) is 31.2 Å². The number of fused-ring (bicyclic) bond motifs is 3. The molecule has 1 aromatic heterocycles. The molecule has 2 aliphatic heterocycles. The van der Waals surface area contributed by atoms with Crippen molar-refractivity contribution in [2.24, 2.45) is 0 Å². The molecule has 1 aromatic carbocycles. The summed E-state index contributed by atoms with van der Waals surface area (Å²) in [6.07, 6.45) is 0.801. The highest BCUT2D eigenvalue weighted by Crippen LogP contribution is 2.35. The average Bonchev–Trinajstić information content (AvgIpc) is 2.93. The Morgan fingerprint density at radius 2 is 2.00 bits per heavy atom. The van der Waals surface area contributed by atoms with Crippen LogP contribution >= 0.6 is 0 Å². The number of benzene rings is 1. The molecule has 0 saturated carbocycles. The van der Waals surface area contributed by atoms with Gasteiger partial charge in [-0.15, -0.1) is 0 Å². The Morgan fingerprint density at radius 3 is 2.72 bits per heavy atom. The van der Waals surface area contributed by atoms with Crippen molar-refractivity contribution in [1.29, 1.82) is 0 Å². The molecule has 1 amide bonds. The number of amides is 1. The molecule has 2 aliphatic rings. The number of nitrogens with zero attached hydrogens (tertiary/aromatic N) is 3. The maximum absolute atomic E-state index is 13.1. The summed E-state index contributed by atoms with van der Waals surface area (Å²) >= 11 is 0. The molecule has 7 nitrogen and oxygen atoms in total.